The van der Waals surface area contributed by atoms with Crippen molar-refractivity contribution in [2.24, 2.45) is 10.4 Å². The lowest BCUT2D eigenvalue weighted by atomic mass is 9.64. The van der Waals surface area contributed by atoms with Crippen molar-refractivity contribution in [2.45, 2.75) is 43.9 Å². The molecule has 1 saturated heterocycles. The van der Waals surface area contributed by atoms with Gasteiger partial charge in [0.2, 0.25) is 0 Å². The Morgan fingerprint density at radius 1 is 1.10 bits per heavy atom. The summed E-state index contributed by atoms with van der Waals surface area (Å²) in [6.07, 6.45) is -4.94. The Morgan fingerprint density at radius 3 is 2.27 bits per heavy atom. The Balaban J connectivity index is 2.04. The van der Waals surface area contributed by atoms with E-state index in [9.17, 15) is 27.2 Å². The van der Waals surface area contributed by atoms with E-state index in [0.29, 0.717) is 11.3 Å². The third-order valence-corrected chi connectivity index (χ3v) is 7.65. The lowest BCUT2D eigenvalue weighted by Gasteiger charge is -2.48. The van der Waals surface area contributed by atoms with E-state index in [-0.39, 0.29) is 51.1 Å². The summed E-state index contributed by atoms with van der Waals surface area (Å²) in [5.41, 5.74) is -4.03. The number of rotatable bonds is 11. The molecule has 40 heavy (non-hydrogen) atoms. The molecule has 0 spiro atoms. The minimum Gasteiger partial charge on any atom is -0.496 e. The summed E-state index contributed by atoms with van der Waals surface area (Å²) in [6.45, 7) is 5.24. The highest BCUT2D eigenvalue weighted by atomic mass is 19.4. The summed E-state index contributed by atoms with van der Waals surface area (Å²) in [6, 6.07) is 10.8. The number of carbonyl (C=O) groups is 2. The van der Waals surface area contributed by atoms with Crippen molar-refractivity contribution in [2.75, 3.05) is 40.5 Å². The normalized spacial score (nSPS) is 17.4. The summed E-state index contributed by atoms with van der Waals surface area (Å²) >= 11 is 0. The number of esters is 1. The molecule has 2 aromatic rings. The minimum absolute atomic E-state index is 0.0851. The van der Waals surface area contributed by atoms with Crippen LogP contribution in [0.5, 0.6) is 5.75 Å². The second-order valence-corrected chi connectivity index (χ2v) is 9.73. The molecule has 0 saturated carbocycles. The Bertz CT molecular complexity index is 1180. The maximum absolute atomic E-state index is 14.5. The molecule has 1 heterocycles. The largest absolute Gasteiger partial charge is 0.496 e. The standard InChI is InChI=1S/C29H34F4N2O5/c1-5-40-25(36)18-27(23(19-34-2)22-17-21(30)11-12-24(22)38-3)13-15-35(16-14-27)26(37)28(39-4,29(31,32)33)20-9-7-6-8-10-20/h6-12,17,23H,2,5,13-16,18-19H2,1,3-4H3/t23?,28-/m1/s1. The maximum atomic E-state index is 14.5. The summed E-state index contributed by atoms with van der Waals surface area (Å²) in [7, 11) is 2.29. The van der Waals surface area contributed by atoms with Crippen LogP contribution in [0.25, 0.3) is 0 Å². The first-order valence-corrected chi connectivity index (χ1v) is 12.9. The number of carbonyl (C=O) groups excluding carboxylic acids is 2. The first kappa shape index (κ1) is 31.1. The number of ether oxygens (including phenoxy) is 3. The molecule has 7 nitrogen and oxygen atoms in total. The zero-order valence-electron chi connectivity index (χ0n) is 22.8. The summed E-state index contributed by atoms with van der Waals surface area (Å²) in [5.74, 6) is -2.52. The second kappa shape index (κ2) is 12.8. The van der Waals surface area contributed by atoms with Gasteiger partial charge in [0.05, 0.1) is 20.1 Å². The van der Waals surface area contributed by atoms with Crippen LogP contribution < -0.4 is 4.74 Å². The summed E-state index contributed by atoms with van der Waals surface area (Å²) in [4.78, 5) is 31.6. The molecule has 3 rings (SSSR count). The first-order chi connectivity index (χ1) is 19.0. The fourth-order valence-electron chi connectivity index (χ4n) is 5.66. The van der Waals surface area contributed by atoms with Crippen LogP contribution in [0, 0.1) is 11.2 Å². The average Bonchev–Trinajstić information content (AvgIpc) is 2.92. The molecule has 0 aromatic heterocycles. The van der Waals surface area contributed by atoms with Crippen LogP contribution in [0.2, 0.25) is 0 Å². The van der Waals surface area contributed by atoms with Crippen LogP contribution in [0.3, 0.4) is 0 Å². The van der Waals surface area contributed by atoms with Crippen molar-refractivity contribution in [3.8, 4) is 5.75 Å². The number of likely N-dealkylation sites (tertiary alicyclic amines) is 1. The van der Waals surface area contributed by atoms with E-state index in [2.05, 4.69) is 11.7 Å². The predicted octanol–water partition coefficient (Wildman–Crippen LogP) is 5.28. The molecule has 2 aromatic carbocycles. The number of hydrogen-bond donors (Lipinski definition) is 0. The van der Waals surface area contributed by atoms with Crippen molar-refractivity contribution in [3.05, 3.63) is 65.5 Å². The van der Waals surface area contributed by atoms with E-state index < -0.39 is 40.8 Å². The molecule has 1 unspecified atom stereocenters. The molecule has 0 aliphatic carbocycles. The van der Waals surface area contributed by atoms with Crippen molar-refractivity contribution in [1.29, 1.82) is 0 Å². The number of aliphatic imine (C=N–C) groups is 1. The first-order valence-electron chi connectivity index (χ1n) is 12.9. The molecule has 2 atom stereocenters. The summed E-state index contributed by atoms with van der Waals surface area (Å²) in [5, 5.41) is 0. The second-order valence-electron chi connectivity index (χ2n) is 9.73. The zero-order chi connectivity index (χ0) is 29.6. The molecule has 0 radical (unpaired) electrons. The third kappa shape index (κ3) is 5.99. The van der Waals surface area contributed by atoms with Gasteiger partial charge in [-0.15, -0.1) is 0 Å². The van der Waals surface area contributed by atoms with Crippen LogP contribution in [0.1, 0.15) is 43.2 Å². The van der Waals surface area contributed by atoms with Crippen molar-refractivity contribution in [1.82, 2.24) is 4.90 Å². The smallest absolute Gasteiger partial charge is 0.430 e. The van der Waals surface area contributed by atoms with E-state index in [1.54, 1.807) is 13.0 Å². The van der Waals surface area contributed by atoms with Gasteiger partial charge in [0.1, 0.15) is 11.6 Å². The molecular weight excluding hydrogens is 532 g/mol. The maximum Gasteiger partial charge on any atom is 0.430 e. The molecule has 1 amide bonds. The van der Waals surface area contributed by atoms with Gasteiger partial charge in [0.25, 0.3) is 11.5 Å². The fourth-order valence-corrected chi connectivity index (χ4v) is 5.66. The van der Waals surface area contributed by atoms with E-state index in [0.717, 1.165) is 12.0 Å². The highest BCUT2D eigenvalue weighted by Crippen LogP contribution is 2.51. The topological polar surface area (TPSA) is 77.4 Å². The fraction of sp³-hybridized carbons (Fsp3) is 0.483. The molecule has 0 bridgehead atoms. The van der Waals surface area contributed by atoms with Crippen LogP contribution in [0.4, 0.5) is 17.6 Å². The Morgan fingerprint density at radius 2 is 1.75 bits per heavy atom. The molecule has 218 valence electrons. The van der Waals surface area contributed by atoms with E-state index in [4.69, 9.17) is 14.2 Å². The van der Waals surface area contributed by atoms with Gasteiger partial charge in [-0.1, -0.05) is 30.3 Å². The van der Waals surface area contributed by atoms with Gasteiger partial charge < -0.3 is 24.1 Å². The Kier molecular flexibility index (Phi) is 9.94. The van der Waals surface area contributed by atoms with Gasteiger partial charge in [-0.25, -0.2) is 4.39 Å². The van der Waals surface area contributed by atoms with Gasteiger partial charge in [0, 0.05) is 43.8 Å². The SMILES string of the molecule is C=NCC(c1cc(F)ccc1OC)C1(CC(=O)OCC)CCN(C(=O)[C@](OC)(c2ccccc2)C(F)(F)F)CC1. The predicted molar refractivity (Wildman–Crippen MR) is 141 cm³/mol. The highest BCUT2D eigenvalue weighted by molar-refractivity contribution is 5.88. The van der Waals surface area contributed by atoms with Crippen molar-refractivity contribution < 1.29 is 41.4 Å². The van der Waals surface area contributed by atoms with Crippen LogP contribution in [0.15, 0.2) is 53.5 Å². The molecular formula is C29H34F4N2O5. The Labute approximate surface area is 231 Å². The number of halogens is 4. The third-order valence-electron chi connectivity index (χ3n) is 7.65. The summed E-state index contributed by atoms with van der Waals surface area (Å²) < 4.78 is 73.7. The number of methoxy groups -OCH3 is 2. The molecule has 1 aliphatic heterocycles. The lowest BCUT2D eigenvalue weighted by molar-refractivity contribution is -0.271. The number of nitrogens with zero attached hydrogens (tertiary/aromatic N) is 2. The number of benzene rings is 2. The molecule has 1 fully saturated rings. The molecule has 0 N–H and O–H groups in total. The highest BCUT2D eigenvalue weighted by Gasteiger charge is 2.64. The minimum atomic E-state index is -5.05. The van der Waals surface area contributed by atoms with Crippen LogP contribution >= 0.6 is 0 Å². The quantitative estimate of drug-likeness (QED) is 0.210. The lowest BCUT2D eigenvalue weighted by Crippen LogP contribution is -2.59. The molecule has 1 aliphatic rings. The van der Waals surface area contributed by atoms with E-state index >= 15 is 0 Å². The van der Waals surface area contributed by atoms with Gasteiger partial charge in [-0.3, -0.25) is 9.59 Å². The number of hydrogen-bond acceptors (Lipinski definition) is 6. The van der Waals surface area contributed by atoms with Crippen molar-refractivity contribution >= 4 is 18.6 Å². The van der Waals surface area contributed by atoms with Gasteiger partial charge >= 0.3 is 12.1 Å². The number of piperidine rings is 1. The zero-order valence-corrected chi connectivity index (χ0v) is 22.8. The number of alkyl halides is 3. The van der Waals surface area contributed by atoms with Crippen molar-refractivity contribution in [3.63, 3.8) is 0 Å². The molecule has 11 heteroatoms. The Hall–Kier alpha value is -3.47. The average molecular weight is 567 g/mol. The van der Waals surface area contributed by atoms with Crippen LogP contribution in [-0.2, 0) is 24.7 Å². The van der Waals surface area contributed by atoms with Gasteiger partial charge in [0.15, 0.2) is 0 Å². The van der Waals surface area contributed by atoms with Gasteiger partial charge in [-0.05, 0) is 50.1 Å². The number of amides is 1. The monoisotopic (exact) mass is 566 g/mol. The van der Waals surface area contributed by atoms with Crippen LogP contribution in [-0.4, -0.2) is 70.1 Å². The van der Waals surface area contributed by atoms with E-state index in [1.165, 1.54) is 49.6 Å². The van der Waals surface area contributed by atoms with Gasteiger partial charge in [-0.2, -0.15) is 13.2 Å². The van der Waals surface area contributed by atoms with E-state index in [1.807, 2.05) is 0 Å².